The molecule has 0 spiro atoms. The van der Waals surface area contributed by atoms with E-state index in [2.05, 4.69) is 19.2 Å². The molecule has 0 heterocycles. The van der Waals surface area contributed by atoms with E-state index in [0.29, 0.717) is 12.5 Å². The highest BCUT2D eigenvalue weighted by atomic mass is 16.4. The number of carbonyl (C=O) groups is 2. The van der Waals surface area contributed by atoms with Gasteiger partial charge in [0, 0.05) is 18.4 Å². The summed E-state index contributed by atoms with van der Waals surface area (Å²) in [5, 5.41) is 11.5. The maximum absolute atomic E-state index is 12.0. The molecule has 0 aliphatic rings. The van der Waals surface area contributed by atoms with Gasteiger partial charge in [0.05, 0.1) is 0 Å². The van der Waals surface area contributed by atoms with Crippen molar-refractivity contribution < 1.29 is 14.7 Å². The monoisotopic (exact) mass is 271 g/mol. The van der Waals surface area contributed by atoms with Crippen molar-refractivity contribution in [2.24, 2.45) is 11.3 Å². The molecule has 0 aromatic rings. The number of amides is 1. The van der Waals surface area contributed by atoms with Gasteiger partial charge in [-0.15, -0.1) is 0 Å². The van der Waals surface area contributed by atoms with E-state index in [9.17, 15) is 9.59 Å². The van der Waals surface area contributed by atoms with E-state index in [-0.39, 0.29) is 17.7 Å². The van der Waals surface area contributed by atoms with Crippen LogP contribution in [0.5, 0.6) is 0 Å². The number of rotatable bonds is 10. The molecule has 0 atom stereocenters. The highest BCUT2D eigenvalue weighted by molar-refractivity contribution is 5.81. The third-order valence-corrected chi connectivity index (χ3v) is 3.14. The van der Waals surface area contributed by atoms with E-state index < -0.39 is 5.97 Å². The summed E-state index contributed by atoms with van der Waals surface area (Å²) in [6.07, 6.45) is 4.66. The first-order valence-corrected chi connectivity index (χ1v) is 7.26. The van der Waals surface area contributed by atoms with Gasteiger partial charge in [0.25, 0.3) is 0 Å². The van der Waals surface area contributed by atoms with Crippen molar-refractivity contribution in [2.75, 3.05) is 6.54 Å². The van der Waals surface area contributed by atoms with Gasteiger partial charge in [-0.05, 0) is 25.2 Å². The van der Waals surface area contributed by atoms with Crippen LogP contribution in [-0.4, -0.2) is 23.5 Å². The summed E-state index contributed by atoms with van der Waals surface area (Å²) in [6, 6.07) is 0. The van der Waals surface area contributed by atoms with E-state index in [1.807, 2.05) is 13.8 Å². The Labute approximate surface area is 117 Å². The molecule has 0 radical (unpaired) electrons. The second kappa shape index (κ2) is 8.94. The maximum Gasteiger partial charge on any atom is 0.303 e. The fourth-order valence-corrected chi connectivity index (χ4v) is 2.31. The molecule has 0 rings (SSSR count). The summed E-state index contributed by atoms with van der Waals surface area (Å²) in [7, 11) is 0. The molecule has 0 aromatic carbocycles. The van der Waals surface area contributed by atoms with Crippen molar-refractivity contribution in [2.45, 2.75) is 66.2 Å². The van der Waals surface area contributed by atoms with Crippen LogP contribution in [0.25, 0.3) is 0 Å². The molecule has 0 saturated heterocycles. The fraction of sp³-hybridized carbons (Fsp3) is 0.867. The third kappa shape index (κ3) is 9.51. The van der Waals surface area contributed by atoms with Crippen LogP contribution in [0.15, 0.2) is 0 Å². The summed E-state index contributed by atoms with van der Waals surface area (Å²) in [6.45, 7) is 8.90. The largest absolute Gasteiger partial charge is 0.481 e. The van der Waals surface area contributed by atoms with Crippen molar-refractivity contribution in [3.8, 4) is 0 Å². The van der Waals surface area contributed by atoms with Crippen molar-refractivity contribution in [1.29, 1.82) is 0 Å². The predicted octanol–water partition coefficient (Wildman–Crippen LogP) is 3.21. The molecule has 0 aliphatic heterocycles. The quantitative estimate of drug-likeness (QED) is 0.600. The molecule has 19 heavy (non-hydrogen) atoms. The minimum absolute atomic E-state index is 0.117. The van der Waals surface area contributed by atoms with Crippen molar-refractivity contribution in [3.63, 3.8) is 0 Å². The summed E-state index contributed by atoms with van der Waals surface area (Å²) in [4.78, 5) is 22.3. The van der Waals surface area contributed by atoms with Gasteiger partial charge >= 0.3 is 5.97 Å². The second-order valence-electron chi connectivity index (χ2n) is 6.30. The lowest BCUT2D eigenvalue weighted by Crippen LogP contribution is -2.38. The van der Waals surface area contributed by atoms with Crippen LogP contribution in [0.3, 0.4) is 0 Å². The Morgan fingerprint density at radius 3 is 2.21 bits per heavy atom. The number of carbonyl (C=O) groups excluding carboxylic acids is 1. The van der Waals surface area contributed by atoms with Gasteiger partial charge in [0.15, 0.2) is 0 Å². The average molecular weight is 271 g/mol. The number of aliphatic carboxylic acids is 1. The second-order valence-corrected chi connectivity index (χ2v) is 6.30. The normalized spacial score (nSPS) is 11.6. The molecule has 4 nitrogen and oxygen atoms in total. The number of nitrogens with one attached hydrogen (secondary N) is 1. The summed E-state index contributed by atoms with van der Waals surface area (Å²) in [5.41, 5.74) is -0.308. The molecule has 4 heteroatoms. The molecular formula is C15H29NO3. The molecule has 0 unspecified atom stereocenters. The molecule has 0 fully saturated rings. The Bertz CT molecular complexity index is 285. The first-order valence-electron chi connectivity index (χ1n) is 7.26. The SMILES string of the molecule is CC(C)CC(C)(C)C(=O)NCCCCCCC(=O)O. The zero-order valence-corrected chi connectivity index (χ0v) is 12.8. The Morgan fingerprint density at radius 2 is 1.68 bits per heavy atom. The highest BCUT2D eigenvalue weighted by Crippen LogP contribution is 2.25. The van der Waals surface area contributed by atoms with Crippen LogP contribution in [0.2, 0.25) is 0 Å². The molecule has 112 valence electrons. The number of hydrogen-bond acceptors (Lipinski definition) is 2. The van der Waals surface area contributed by atoms with Gasteiger partial charge in [0.2, 0.25) is 5.91 Å². The van der Waals surface area contributed by atoms with Crippen LogP contribution in [-0.2, 0) is 9.59 Å². The average Bonchev–Trinajstić information content (AvgIpc) is 2.25. The van der Waals surface area contributed by atoms with E-state index in [0.717, 1.165) is 32.1 Å². The lowest BCUT2D eigenvalue weighted by molar-refractivity contribution is -0.137. The first-order chi connectivity index (χ1) is 8.75. The molecular weight excluding hydrogens is 242 g/mol. The van der Waals surface area contributed by atoms with Gasteiger partial charge in [-0.2, -0.15) is 0 Å². The Balaban J connectivity index is 3.66. The highest BCUT2D eigenvalue weighted by Gasteiger charge is 2.27. The molecule has 0 aromatic heterocycles. The number of hydrogen-bond donors (Lipinski definition) is 2. The smallest absolute Gasteiger partial charge is 0.303 e. The maximum atomic E-state index is 12.0. The molecule has 0 aliphatic carbocycles. The standard InChI is InChI=1S/C15H29NO3/c1-12(2)11-15(3,4)14(19)16-10-8-6-5-7-9-13(17)18/h12H,5-11H2,1-4H3,(H,16,19)(H,17,18). The topological polar surface area (TPSA) is 66.4 Å². The van der Waals surface area contributed by atoms with Crippen LogP contribution in [0, 0.1) is 11.3 Å². The number of carboxylic acid groups (broad SMARTS) is 1. The van der Waals surface area contributed by atoms with Gasteiger partial charge < -0.3 is 10.4 Å². The lowest BCUT2D eigenvalue weighted by atomic mass is 9.83. The molecule has 2 N–H and O–H groups in total. The van der Waals surface area contributed by atoms with E-state index >= 15 is 0 Å². The summed E-state index contributed by atoms with van der Waals surface area (Å²) in [5.74, 6) is -0.104. The van der Waals surface area contributed by atoms with Gasteiger partial charge in [-0.3, -0.25) is 9.59 Å². The van der Waals surface area contributed by atoms with Crippen LogP contribution >= 0.6 is 0 Å². The van der Waals surface area contributed by atoms with Gasteiger partial charge in [-0.1, -0.05) is 40.5 Å². The fourth-order valence-electron chi connectivity index (χ4n) is 2.31. The zero-order valence-electron chi connectivity index (χ0n) is 12.8. The predicted molar refractivity (Wildman–Crippen MR) is 77.0 cm³/mol. The number of carboxylic acids is 1. The van der Waals surface area contributed by atoms with Gasteiger partial charge in [0.1, 0.15) is 0 Å². The molecule has 1 amide bonds. The summed E-state index contributed by atoms with van der Waals surface area (Å²) >= 11 is 0. The van der Waals surface area contributed by atoms with Crippen molar-refractivity contribution in [3.05, 3.63) is 0 Å². The van der Waals surface area contributed by atoms with Crippen molar-refractivity contribution >= 4 is 11.9 Å². The first kappa shape index (κ1) is 17.9. The number of unbranched alkanes of at least 4 members (excludes halogenated alkanes) is 3. The van der Waals surface area contributed by atoms with Gasteiger partial charge in [-0.25, -0.2) is 0 Å². The lowest BCUT2D eigenvalue weighted by Gasteiger charge is -2.25. The Hall–Kier alpha value is -1.06. The van der Waals surface area contributed by atoms with Crippen LogP contribution < -0.4 is 5.32 Å². The van der Waals surface area contributed by atoms with E-state index in [1.54, 1.807) is 0 Å². The zero-order chi connectivity index (χ0) is 14.9. The van der Waals surface area contributed by atoms with E-state index in [1.165, 1.54) is 0 Å². The van der Waals surface area contributed by atoms with Crippen molar-refractivity contribution in [1.82, 2.24) is 5.32 Å². The minimum Gasteiger partial charge on any atom is -0.481 e. The van der Waals surface area contributed by atoms with Crippen LogP contribution in [0.1, 0.15) is 66.2 Å². The van der Waals surface area contributed by atoms with E-state index in [4.69, 9.17) is 5.11 Å². The Kier molecular flexibility index (Phi) is 8.44. The third-order valence-electron chi connectivity index (χ3n) is 3.14. The molecule has 0 bridgehead atoms. The minimum atomic E-state index is -0.733. The Morgan fingerprint density at radius 1 is 1.11 bits per heavy atom. The summed E-state index contributed by atoms with van der Waals surface area (Å²) < 4.78 is 0. The van der Waals surface area contributed by atoms with Crippen LogP contribution in [0.4, 0.5) is 0 Å². The molecule has 0 saturated carbocycles.